The predicted molar refractivity (Wildman–Crippen MR) is 122 cm³/mol. The second-order valence-electron chi connectivity index (χ2n) is 7.10. The highest BCUT2D eigenvalue weighted by atomic mass is 35.5. The van der Waals surface area contributed by atoms with Gasteiger partial charge < -0.3 is 21.1 Å². The van der Waals surface area contributed by atoms with E-state index in [0.717, 1.165) is 0 Å². The minimum absolute atomic E-state index is 0.00436. The van der Waals surface area contributed by atoms with Crippen molar-refractivity contribution in [2.45, 2.75) is 32.7 Å². The highest BCUT2D eigenvalue weighted by Gasteiger charge is 2.26. The molecule has 0 aliphatic rings. The largest absolute Gasteiger partial charge is 0.480 e. The molecule has 0 radical (unpaired) electrons. The van der Waals surface area contributed by atoms with Crippen LogP contribution < -0.4 is 16.0 Å². The summed E-state index contributed by atoms with van der Waals surface area (Å²) < 4.78 is 0. The summed E-state index contributed by atoms with van der Waals surface area (Å²) in [6, 6.07) is 11.5. The first-order chi connectivity index (χ1) is 14.7. The lowest BCUT2D eigenvalue weighted by Gasteiger charge is -2.23. The van der Waals surface area contributed by atoms with Crippen molar-refractivity contribution in [3.63, 3.8) is 0 Å². The molecule has 0 saturated carbocycles. The zero-order valence-corrected chi connectivity index (χ0v) is 18.8. The number of halogens is 2. The topological polar surface area (TPSA) is 108 Å². The number of rotatable bonds is 10. The van der Waals surface area contributed by atoms with Crippen LogP contribution in [0, 0.1) is 5.92 Å². The Hall–Kier alpha value is -2.77. The van der Waals surface area contributed by atoms with E-state index in [-0.39, 0.29) is 18.2 Å². The van der Waals surface area contributed by atoms with Gasteiger partial charge in [-0.15, -0.1) is 0 Å². The number of carbonyl (C=O) groups excluding carboxylic acids is 2. The average molecular weight is 466 g/mol. The maximum Gasteiger partial charge on any atom is 0.322 e. The molecular formula is C22H25Cl2N3O4. The van der Waals surface area contributed by atoms with Crippen LogP contribution in [0.1, 0.15) is 25.8 Å². The van der Waals surface area contributed by atoms with E-state index in [0.29, 0.717) is 33.4 Å². The summed E-state index contributed by atoms with van der Waals surface area (Å²) in [5.74, 6) is -2.22. The Morgan fingerprint density at radius 3 is 2.29 bits per heavy atom. The van der Waals surface area contributed by atoms with Crippen LogP contribution in [0.5, 0.6) is 0 Å². The molecule has 7 nitrogen and oxygen atoms in total. The third-order valence-corrected chi connectivity index (χ3v) is 5.45. The number of carbonyl (C=O) groups is 3. The van der Waals surface area contributed by atoms with Crippen LogP contribution in [0.25, 0.3) is 0 Å². The standard InChI is InChI=1S/C22H25Cl2N3O4/c1-3-13(2)20(22(31)25-12-19(29)30)27-18(28)11-14-7-4-5-10-17(14)26-21-15(23)8-6-9-16(21)24/h4-10,13,20,26H,3,11-12H2,1-2H3,(H,25,31)(H,27,28)(H,29,30)/t13-,20-/m0/s1. The number of benzene rings is 2. The van der Waals surface area contributed by atoms with E-state index in [1.807, 2.05) is 19.9 Å². The van der Waals surface area contributed by atoms with Gasteiger partial charge in [0.1, 0.15) is 12.6 Å². The number of nitrogens with one attached hydrogen (secondary N) is 3. The van der Waals surface area contributed by atoms with Crippen LogP contribution in [0.4, 0.5) is 11.4 Å². The average Bonchev–Trinajstić information content (AvgIpc) is 2.73. The molecular weight excluding hydrogens is 441 g/mol. The first-order valence-corrected chi connectivity index (χ1v) is 10.6. The Kier molecular flexibility index (Phi) is 9.15. The molecule has 2 aromatic carbocycles. The Balaban J connectivity index is 2.15. The van der Waals surface area contributed by atoms with Crippen molar-refractivity contribution in [3.8, 4) is 0 Å². The van der Waals surface area contributed by atoms with E-state index < -0.39 is 24.5 Å². The third kappa shape index (κ3) is 7.15. The van der Waals surface area contributed by atoms with Gasteiger partial charge in [0.2, 0.25) is 11.8 Å². The number of aliphatic carboxylic acids is 1. The Bertz CT molecular complexity index is 932. The predicted octanol–water partition coefficient (Wildman–Crippen LogP) is 4.01. The van der Waals surface area contributed by atoms with Crippen LogP contribution in [-0.2, 0) is 20.8 Å². The molecule has 166 valence electrons. The van der Waals surface area contributed by atoms with E-state index in [9.17, 15) is 14.4 Å². The molecule has 2 aromatic rings. The van der Waals surface area contributed by atoms with Crippen LogP contribution in [0.15, 0.2) is 42.5 Å². The molecule has 4 N–H and O–H groups in total. The molecule has 0 bridgehead atoms. The van der Waals surface area contributed by atoms with Crippen molar-refractivity contribution in [1.82, 2.24) is 10.6 Å². The van der Waals surface area contributed by atoms with Gasteiger partial charge in [0.05, 0.1) is 22.2 Å². The van der Waals surface area contributed by atoms with Crippen LogP contribution in [0.2, 0.25) is 10.0 Å². The molecule has 2 atom stereocenters. The molecule has 0 aliphatic heterocycles. The maximum atomic E-state index is 12.7. The number of carboxylic acids is 1. The van der Waals surface area contributed by atoms with E-state index >= 15 is 0 Å². The summed E-state index contributed by atoms with van der Waals surface area (Å²) in [4.78, 5) is 35.9. The first-order valence-electron chi connectivity index (χ1n) is 9.80. The molecule has 0 unspecified atom stereocenters. The van der Waals surface area contributed by atoms with E-state index in [4.69, 9.17) is 28.3 Å². The minimum atomic E-state index is -1.15. The Morgan fingerprint density at radius 2 is 1.68 bits per heavy atom. The zero-order valence-electron chi connectivity index (χ0n) is 17.2. The van der Waals surface area contributed by atoms with Crippen molar-refractivity contribution in [3.05, 3.63) is 58.1 Å². The minimum Gasteiger partial charge on any atom is -0.480 e. The fourth-order valence-corrected chi connectivity index (χ4v) is 3.41. The van der Waals surface area contributed by atoms with E-state index in [2.05, 4.69) is 16.0 Å². The molecule has 0 aliphatic carbocycles. The number of hydrogen-bond acceptors (Lipinski definition) is 4. The first kappa shape index (κ1) is 24.5. The second kappa shape index (κ2) is 11.6. The summed E-state index contributed by atoms with van der Waals surface area (Å²) in [5, 5.41) is 17.9. The second-order valence-corrected chi connectivity index (χ2v) is 7.91. The zero-order chi connectivity index (χ0) is 23.0. The summed E-state index contributed by atoms with van der Waals surface area (Å²) in [6.07, 6.45) is 0.638. The Labute approximate surface area is 191 Å². The van der Waals surface area contributed by atoms with E-state index in [1.54, 1.807) is 36.4 Å². The molecule has 9 heteroatoms. The number of anilines is 2. The highest BCUT2D eigenvalue weighted by Crippen LogP contribution is 2.33. The smallest absolute Gasteiger partial charge is 0.322 e. The summed E-state index contributed by atoms with van der Waals surface area (Å²) >= 11 is 12.5. The lowest BCUT2D eigenvalue weighted by molar-refractivity contribution is -0.138. The van der Waals surface area contributed by atoms with Gasteiger partial charge in [0, 0.05) is 5.69 Å². The molecule has 0 saturated heterocycles. The molecule has 0 fully saturated rings. The molecule has 0 aromatic heterocycles. The van der Waals surface area contributed by atoms with E-state index in [1.165, 1.54) is 0 Å². The Morgan fingerprint density at radius 1 is 1.03 bits per heavy atom. The van der Waals surface area contributed by atoms with Gasteiger partial charge in [-0.1, -0.05) is 67.7 Å². The molecule has 2 amide bonds. The van der Waals surface area contributed by atoms with Gasteiger partial charge in [-0.2, -0.15) is 0 Å². The SMILES string of the molecule is CC[C@H](C)[C@H](NC(=O)Cc1ccccc1Nc1c(Cl)cccc1Cl)C(=O)NCC(=O)O. The fraction of sp³-hybridized carbons (Fsp3) is 0.318. The van der Waals surface area contributed by atoms with Crippen molar-refractivity contribution in [1.29, 1.82) is 0 Å². The highest BCUT2D eigenvalue weighted by molar-refractivity contribution is 6.39. The van der Waals surface area contributed by atoms with Gasteiger partial charge in [-0.25, -0.2) is 0 Å². The molecule has 31 heavy (non-hydrogen) atoms. The van der Waals surface area contributed by atoms with Gasteiger partial charge in [-0.05, 0) is 29.7 Å². The van der Waals surface area contributed by atoms with Crippen molar-refractivity contribution >= 4 is 52.4 Å². The summed E-state index contributed by atoms with van der Waals surface area (Å²) in [7, 11) is 0. The summed E-state index contributed by atoms with van der Waals surface area (Å²) in [5.41, 5.74) is 1.87. The third-order valence-electron chi connectivity index (χ3n) is 4.82. The number of carboxylic acid groups (broad SMARTS) is 1. The summed E-state index contributed by atoms with van der Waals surface area (Å²) in [6.45, 7) is 3.20. The molecule has 0 spiro atoms. The van der Waals surface area contributed by atoms with Gasteiger partial charge in [-0.3, -0.25) is 14.4 Å². The van der Waals surface area contributed by atoms with Crippen LogP contribution in [-0.4, -0.2) is 35.5 Å². The van der Waals surface area contributed by atoms with Crippen molar-refractivity contribution in [2.24, 2.45) is 5.92 Å². The quantitative estimate of drug-likeness (QED) is 0.423. The lowest BCUT2D eigenvalue weighted by Crippen LogP contribution is -2.51. The van der Waals surface area contributed by atoms with Gasteiger partial charge in [0.25, 0.3) is 0 Å². The lowest BCUT2D eigenvalue weighted by atomic mass is 9.97. The fourth-order valence-electron chi connectivity index (χ4n) is 2.92. The maximum absolute atomic E-state index is 12.7. The number of hydrogen-bond donors (Lipinski definition) is 4. The normalized spacial score (nSPS) is 12.5. The number of para-hydroxylation sites is 2. The number of amides is 2. The molecule has 0 heterocycles. The monoisotopic (exact) mass is 465 g/mol. The van der Waals surface area contributed by atoms with Crippen LogP contribution in [0.3, 0.4) is 0 Å². The van der Waals surface area contributed by atoms with Gasteiger partial charge in [0.15, 0.2) is 0 Å². The van der Waals surface area contributed by atoms with Crippen molar-refractivity contribution < 1.29 is 19.5 Å². The van der Waals surface area contributed by atoms with Crippen LogP contribution >= 0.6 is 23.2 Å². The van der Waals surface area contributed by atoms with Gasteiger partial charge >= 0.3 is 5.97 Å². The molecule has 2 rings (SSSR count). The van der Waals surface area contributed by atoms with Crippen molar-refractivity contribution in [2.75, 3.05) is 11.9 Å².